The summed E-state index contributed by atoms with van der Waals surface area (Å²) in [7, 11) is 1.70. The second-order valence-electron chi connectivity index (χ2n) is 6.11. The number of hydrogen-bond acceptors (Lipinski definition) is 3. The zero-order chi connectivity index (χ0) is 20.9. The van der Waals surface area contributed by atoms with Gasteiger partial charge in [0.05, 0.1) is 32.9 Å². The summed E-state index contributed by atoms with van der Waals surface area (Å²) in [5.74, 6) is -2.95. The van der Waals surface area contributed by atoms with E-state index in [2.05, 4.69) is 5.10 Å². The Bertz CT molecular complexity index is 1290. The molecule has 0 bridgehead atoms. The topological polar surface area (TPSA) is 60.0 Å². The summed E-state index contributed by atoms with van der Waals surface area (Å²) >= 11 is 13.5. The van der Waals surface area contributed by atoms with Crippen molar-refractivity contribution in [2.45, 2.75) is 9.79 Å². The number of aromatic nitrogens is 3. The summed E-state index contributed by atoms with van der Waals surface area (Å²) in [5.41, 5.74) is 0.152. The molecule has 0 fully saturated rings. The Morgan fingerprint density at radius 1 is 1.17 bits per heavy atom. The third kappa shape index (κ3) is 3.88. The molecule has 0 spiro atoms. The summed E-state index contributed by atoms with van der Waals surface area (Å²) in [5, 5.41) is 13.7. The van der Waals surface area contributed by atoms with Gasteiger partial charge in [-0.3, -0.25) is 9.25 Å². The zero-order valence-corrected chi connectivity index (χ0v) is 17.0. The van der Waals surface area contributed by atoms with Gasteiger partial charge in [0.2, 0.25) is 0 Å². The van der Waals surface area contributed by atoms with E-state index in [1.54, 1.807) is 19.3 Å². The molecule has 4 aromatic rings. The van der Waals surface area contributed by atoms with Crippen LogP contribution in [0.5, 0.6) is 0 Å². The first kappa shape index (κ1) is 23.1. The van der Waals surface area contributed by atoms with E-state index < -0.39 is 23.2 Å². The average Bonchev–Trinajstić information content (AvgIpc) is 3.21. The molecule has 0 saturated heterocycles. The summed E-state index contributed by atoms with van der Waals surface area (Å²) in [6, 6.07) is 7.00. The molecule has 0 radical (unpaired) electrons. The van der Waals surface area contributed by atoms with Gasteiger partial charge in [0.1, 0.15) is 5.15 Å². The molecule has 2 aromatic heterocycles. The summed E-state index contributed by atoms with van der Waals surface area (Å²) in [6.45, 7) is 0. The number of carboxylic acid groups (broad SMARTS) is 1. The molecule has 2 heterocycles. The summed E-state index contributed by atoms with van der Waals surface area (Å²) < 4.78 is 32.6. The number of aryl methyl sites for hydroxylation is 1. The monoisotopic (exact) mass is 477 g/mol. The first-order chi connectivity index (χ1) is 13.8. The van der Waals surface area contributed by atoms with Crippen molar-refractivity contribution in [3.63, 3.8) is 0 Å². The maximum atomic E-state index is 14.9. The Hall–Kier alpha value is -1.55. The second-order valence-corrected chi connectivity index (χ2v) is 7.93. The van der Waals surface area contributed by atoms with Crippen LogP contribution in [0.3, 0.4) is 0 Å². The number of hydrogen-bond donors (Lipinski definition) is 1. The first-order valence-corrected chi connectivity index (χ1v) is 9.73. The van der Waals surface area contributed by atoms with Crippen molar-refractivity contribution in [2.75, 3.05) is 0 Å². The van der Waals surface area contributed by atoms with Crippen molar-refractivity contribution in [1.82, 2.24) is 14.3 Å². The number of nitrogens with zero attached hydrogens (tertiary/aromatic N) is 3. The normalized spacial score (nSPS) is 11.0. The molecule has 150 valence electrons. The average molecular weight is 478 g/mol. The Kier molecular flexibility index (Phi) is 6.86. The van der Waals surface area contributed by atoms with Crippen LogP contribution in [0.1, 0.15) is 10.4 Å². The standard InChI is InChI=1S/C19H11Cl2F2N3O2S.Na.H/c1-25-8-9(7-24-25)26-16-11(5-6-12(20)15(16)23)17(18(26)21)29-13-4-2-3-10(14(13)22)19(27)28;;/h2-8H,1H3,(H,27,28);;. The number of fused-ring (bicyclic) bond motifs is 1. The van der Waals surface area contributed by atoms with Crippen LogP contribution in [0.25, 0.3) is 16.6 Å². The van der Waals surface area contributed by atoms with E-state index in [1.807, 2.05) is 0 Å². The predicted molar refractivity (Wildman–Crippen MR) is 115 cm³/mol. The van der Waals surface area contributed by atoms with Gasteiger partial charge in [-0.1, -0.05) is 41.0 Å². The van der Waals surface area contributed by atoms with Gasteiger partial charge < -0.3 is 5.11 Å². The third-order valence-electron chi connectivity index (χ3n) is 4.28. The van der Waals surface area contributed by atoms with Crippen molar-refractivity contribution < 1.29 is 18.7 Å². The Morgan fingerprint density at radius 2 is 1.90 bits per heavy atom. The van der Waals surface area contributed by atoms with Crippen LogP contribution in [-0.2, 0) is 7.05 Å². The molecule has 1 N–H and O–H groups in total. The van der Waals surface area contributed by atoms with Crippen LogP contribution in [0.4, 0.5) is 8.78 Å². The van der Waals surface area contributed by atoms with Gasteiger partial charge in [-0.15, -0.1) is 0 Å². The van der Waals surface area contributed by atoms with E-state index in [4.69, 9.17) is 28.3 Å². The minimum atomic E-state index is -1.38. The SMILES string of the molecule is Cn1cc(-n2c(Cl)c(Sc3cccc(C(=O)O)c3F)c3ccc(Cl)c(F)c32)cn1.[NaH]. The number of aromatic carboxylic acids is 1. The fraction of sp³-hybridized carbons (Fsp3) is 0.0526. The molecular formula is C19H12Cl2F2N3NaO2S. The minimum absolute atomic E-state index is 0. The fourth-order valence-corrected chi connectivity index (χ4v) is 4.55. The first-order valence-electron chi connectivity index (χ1n) is 8.16. The fourth-order valence-electron chi connectivity index (χ4n) is 2.98. The van der Waals surface area contributed by atoms with E-state index in [9.17, 15) is 13.6 Å². The molecule has 0 unspecified atom stereocenters. The van der Waals surface area contributed by atoms with E-state index in [0.29, 0.717) is 16.0 Å². The molecule has 4 rings (SSSR count). The van der Waals surface area contributed by atoms with Gasteiger partial charge in [0.15, 0.2) is 11.6 Å². The molecule has 5 nitrogen and oxygen atoms in total. The third-order valence-corrected chi connectivity index (χ3v) is 6.19. The second kappa shape index (κ2) is 8.90. The Labute approximate surface area is 205 Å². The molecule has 0 atom stereocenters. The van der Waals surface area contributed by atoms with Crippen molar-refractivity contribution in [1.29, 1.82) is 0 Å². The molecule has 0 saturated carbocycles. The molecule has 0 aliphatic heterocycles. The number of halogens is 4. The van der Waals surface area contributed by atoms with E-state index in [1.165, 1.54) is 39.7 Å². The quantitative estimate of drug-likeness (QED) is 0.413. The predicted octanol–water partition coefficient (Wildman–Crippen LogP) is 5.15. The van der Waals surface area contributed by atoms with Crippen LogP contribution < -0.4 is 0 Å². The van der Waals surface area contributed by atoms with Gasteiger partial charge in [-0.25, -0.2) is 13.6 Å². The molecule has 0 aliphatic rings. The van der Waals surface area contributed by atoms with Gasteiger partial charge >= 0.3 is 35.5 Å². The van der Waals surface area contributed by atoms with Gasteiger partial charge in [0.25, 0.3) is 0 Å². The van der Waals surface area contributed by atoms with Crippen LogP contribution in [0.2, 0.25) is 10.2 Å². The van der Waals surface area contributed by atoms with Crippen LogP contribution in [0, 0.1) is 11.6 Å². The van der Waals surface area contributed by atoms with Gasteiger partial charge in [0, 0.05) is 23.5 Å². The van der Waals surface area contributed by atoms with Crippen molar-refractivity contribution in [3.05, 3.63) is 70.1 Å². The zero-order valence-electron chi connectivity index (χ0n) is 14.7. The number of carboxylic acids is 1. The Morgan fingerprint density at radius 3 is 2.53 bits per heavy atom. The number of rotatable bonds is 4. The molecule has 2 aromatic carbocycles. The molecule has 30 heavy (non-hydrogen) atoms. The van der Waals surface area contributed by atoms with E-state index in [0.717, 1.165) is 11.8 Å². The van der Waals surface area contributed by atoms with Gasteiger partial charge in [-0.2, -0.15) is 5.10 Å². The van der Waals surface area contributed by atoms with Crippen molar-refractivity contribution in [2.24, 2.45) is 7.05 Å². The van der Waals surface area contributed by atoms with E-state index in [-0.39, 0.29) is 50.1 Å². The molecule has 0 aliphatic carbocycles. The summed E-state index contributed by atoms with van der Waals surface area (Å²) in [4.78, 5) is 11.6. The van der Waals surface area contributed by atoms with Crippen molar-refractivity contribution in [3.8, 4) is 5.69 Å². The summed E-state index contributed by atoms with van der Waals surface area (Å²) in [6.07, 6.45) is 3.15. The van der Waals surface area contributed by atoms with Crippen LogP contribution >= 0.6 is 35.0 Å². The number of benzene rings is 2. The molecule has 11 heteroatoms. The van der Waals surface area contributed by atoms with Crippen molar-refractivity contribution >= 4 is 81.4 Å². The number of carbonyl (C=O) groups is 1. The van der Waals surface area contributed by atoms with E-state index >= 15 is 0 Å². The molecular weight excluding hydrogens is 466 g/mol. The Balaban J connectivity index is 0.00000256. The van der Waals surface area contributed by atoms with Gasteiger partial charge in [-0.05, 0) is 24.3 Å². The molecule has 0 amide bonds. The van der Waals surface area contributed by atoms with Crippen LogP contribution in [-0.4, -0.2) is 55.0 Å². The van der Waals surface area contributed by atoms with Crippen LogP contribution in [0.15, 0.2) is 52.5 Å². The maximum absolute atomic E-state index is 14.9.